The Hall–Kier alpha value is -1.50. The number of anilines is 1. The van der Waals surface area contributed by atoms with E-state index in [1.807, 2.05) is 36.2 Å². The number of nitrogens with zero attached hydrogens (tertiary/aromatic N) is 2. The van der Waals surface area contributed by atoms with Gasteiger partial charge in [0.05, 0.1) is 16.3 Å². The lowest BCUT2D eigenvalue weighted by molar-refractivity contribution is 0.920. The molecule has 0 saturated heterocycles. The van der Waals surface area contributed by atoms with Gasteiger partial charge in [-0.3, -0.25) is 0 Å². The van der Waals surface area contributed by atoms with E-state index in [0.717, 1.165) is 10.2 Å². The van der Waals surface area contributed by atoms with Crippen molar-refractivity contribution in [3.63, 3.8) is 0 Å². The highest BCUT2D eigenvalue weighted by Gasteiger charge is 2.10. The summed E-state index contributed by atoms with van der Waals surface area (Å²) in [6.07, 6.45) is 0. The van der Waals surface area contributed by atoms with Crippen LogP contribution >= 0.6 is 27.5 Å². The first-order chi connectivity index (χ1) is 9.11. The summed E-state index contributed by atoms with van der Waals surface area (Å²) in [4.78, 5) is 2.02. The zero-order valence-corrected chi connectivity index (χ0v) is 12.7. The van der Waals surface area contributed by atoms with Gasteiger partial charge in [-0.2, -0.15) is 5.26 Å². The third kappa shape index (κ3) is 3.28. The average Bonchev–Trinajstić information content (AvgIpc) is 2.38. The van der Waals surface area contributed by atoms with Crippen LogP contribution in [0.5, 0.6) is 0 Å². The lowest BCUT2D eigenvalue weighted by Crippen LogP contribution is -2.17. The number of hydrogen-bond donors (Lipinski definition) is 0. The van der Waals surface area contributed by atoms with Crippen molar-refractivity contribution < 1.29 is 0 Å². The van der Waals surface area contributed by atoms with Crippen LogP contribution in [-0.2, 0) is 6.54 Å². The van der Waals surface area contributed by atoms with E-state index >= 15 is 0 Å². The SMILES string of the molecule is CN(Cc1cccc(Br)c1)c1cccc(Cl)c1C#N. The molecule has 0 spiro atoms. The van der Waals surface area contributed by atoms with Crippen LogP contribution in [0, 0.1) is 11.3 Å². The molecule has 4 heteroatoms. The molecule has 0 unspecified atom stereocenters. The maximum Gasteiger partial charge on any atom is 0.103 e. The smallest absolute Gasteiger partial charge is 0.103 e. The van der Waals surface area contributed by atoms with Crippen LogP contribution in [0.1, 0.15) is 11.1 Å². The predicted molar refractivity (Wildman–Crippen MR) is 82.4 cm³/mol. The molecule has 2 aromatic rings. The highest BCUT2D eigenvalue weighted by Crippen LogP contribution is 2.27. The van der Waals surface area contributed by atoms with Crippen molar-refractivity contribution in [2.75, 3.05) is 11.9 Å². The normalized spacial score (nSPS) is 10.0. The summed E-state index contributed by atoms with van der Waals surface area (Å²) in [5, 5.41) is 9.68. The quantitative estimate of drug-likeness (QED) is 0.819. The van der Waals surface area contributed by atoms with E-state index in [0.29, 0.717) is 17.1 Å². The molecule has 96 valence electrons. The first-order valence-electron chi connectivity index (χ1n) is 5.76. The number of benzene rings is 2. The highest BCUT2D eigenvalue weighted by molar-refractivity contribution is 9.10. The topological polar surface area (TPSA) is 27.0 Å². The van der Waals surface area contributed by atoms with Crippen molar-refractivity contribution in [3.05, 3.63) is 63.1 Å². The minimum Gasteiger partial charge on any atom is -0.369 e. The summed E-state index contributed by atoms with van der Waals surface area (Å²) in [6, 6.07) is 15.8. The van der Waals surface area contributed by atoms with E-state index in [1.54, 1.807) is 6.07 Å². The zero-order valence-electron chi connectivity index (χ0n) is 10.4. The van der Waals surface area contributed by atoms with Gasteiger partial charge in [-0.15, -0.1) is 0 Å². The molecule has 19 heavy (non-hydrogen) atoms. The molecule has 0 atom stereocenters. The minimum atomic E-state index is 0.487. The summed E-state index contributed by atoms with van der Waals surface area (Å²) in [7, 11) is 1.95. The van der Waals surface area contributed by atoms with Gasteiger partial charge in [0.1, 0.15) is 6.07 Å². The van der Waals surface area contributed by atoms with Gasteiger partial charge in [0.2, 0.25) is 0 Å². The average molecular weight is 336 g/mol. The van der Waals surface area contributed by atoms with E-state index < -0.39 is 0 Å². The fourth-order valence-corrected chi connectivity index (χ4v) is 2.59. The Labute approximate surface area is 126 Å². The van der Waals surface area contributed by atoms with Gasteiger partial charge in [-0.25, -0.2) is 0 Å². The van der Waals surface area contributed by atoms with Gasteiger partial charge >= 0.3 is 0 Å². The summed E-state index contributed by atoms with van der Waals surface area (Å²) >= 11 is 9.50. The maximum absolute atomic E-state index is 9.19. The van der Waals surface area contributed by atoms with Crippen molar-refractivity contribution in [1.29, 1.82) is 5.26 Å². The second-order valence-corrected chi connectivity index (χ2v) is 5.55. The van der Waals surface area contributed by atoms with Crippen LogP contribution in [0.25, 0.3) is 0 Å². The third-order valence-electron chi connectivity index (χ3n) is 2.82. The van der Waals surface area contributed by atoms with Gasteiger partial charge in [0.15, 0.2) is 0 Å². The minimum absolute atomic E-state index is 0.487. The van der Waals surface area contributed by atoms with Gasteiger partial charge in [-0.1, -0.05) is 45.7 Å². The monoisotopic (exact) mass is 334 g/mol. The molecule has 0 aliphatic rings. The van der Waals surface area contributed by atoms with Crippen LogP contribution in [0.4, 0.5) is 5.69 Å². The molecule has 0 aliphatic heterocycles. The molecule has 2 aromatic carbocycles. The number of hydrogen-bond acceptors (Lipinski definition) is 2. The van der Waals surface area contributed by atoms with Gasteiger partial charge in [0, 0.05) is 18.1 Å². The molecule has 0 amide bonds. The summed E-state index contributed by atoms with van der Waals surface area (Å²) < 4.78 is 1.05. The zero-order chi connectivity index (χ0) is 13.8. The Kier molecular flexibility index (Phi) is 4.47. The predicted octanol–water partition coefficient (Wildman–Crippen LogP) is 4.61. The Morgan fingerprint density at radius 1 is 1.26 bits per heavy atom. The standard InChI is InChI=1S/C15H12BrClN2/c1-19(10-11-4-2-5-12(16)8-11)15-7-3-6-14(17)13(15)9-18/h2-8H,10H2,1H3. The summed E-state index contributed by atoms with van der Waals surface area (Å²) in [5.74, 6) is 0. The number of halogens is 2. The second kappa shape index (κ2) is 6.10. The van der Waals surface area contributed by atoms with E-state index in [1.165, 1.54) is 5.56 Å². The van der Waals surface area contributed by atoms with Crippen molar-refractivity contribution >= 4 is 33.2 Å². The van der Waals surface area contributed by atoms with E-state index in [4.69, 9.17) is 11.6 Å². The molecule has 2 rings (SSSR count). The molecule has 0 saturated carbocycles. The van der Waals surface area contributed by atoms with Crippen molar-refractivity contribution in [2.24, 2.45) is 0 Å². The van der Waals surface area contributed by atoms with Crippen LogP contribution in [0.15, 0.2) is 46.9 Å². The summed E-state index contributed by atoms with van der Waals surface area (Å²) in [5.41, 5.74) is 2.53. The molecule has 0 N–H and O–H groups in total. The molecular formula is C15H12BrClN2. The largest absolute Gasteiger partial charge is 0.369 e. The Morgan fingerprint density at radius 3 is 2.68 bits per heavy atom. The van der Waals surface area contributed by atoms with Crippen LogP contribution < -0.4 is 4.90 Å². The van der Waals surface area contributed by atoms with Crippen molar-refractivity contribution in [1.82, 2.24) is 0 Å². The van der Waals surface area contributed by atoms with Crippen LogP contribution in [0.3, 0.4) is 0 Å². The molecule has 2 nitrogen and oxygen atoms in total. The molecule has 0 heterocycles. The van der Waals surface area contributed by atoms with Gasteiger partial charge in [0.25, 0.3) is 0 Å². The fourth-order valence-electron chi connectivity index (χ4n) is 1.94. The lowest BCUT2D eigenvalue weighted by Gasteiger charge is -2.21. The van der Waals surface area contributed by atoms with E-state index in [9.17, 15) is 5.26 Å². The van der Waals surface area contributed by atoms with Gasteiger partial charge in [-0.05, 0) is 29.8 Å². The number of nitriles is 1. The van der Waals surface area contributed by atoms with E-state index in [2.05, 4.69) is 34.1 Å². The van der Waals surface area contributed by atoms with Crippen LogP contribution in [0.2, 0.25) is 5.02 Å². The highest BCUT2D eigenvalue weighted by atomic mass is 79.9. The molecule has 0 bridgehead atoms. The summed E-state index contributed by atoms with van der Waals surface area (Å²) in [6.45, 7) is 0.717. The Bertz CT molecular complexity index is 634. The Balaban J connectivity index is 2.28. The van der Waals surface area contributed by atoms with E-state index in [-0.39, 0.29) is 0 Å². The fraction of sp³-hybridized carbons (Fsp3) is 0.133. The lowest BCUT2D eigenvalue weighted by atomic mass is 10.1. The second-order valence-electron chi connectivity index (χ2n) is 4.23. The molecule has 0 fully saturated rings. The first kappa shape index (κ1) is 13.9. The maximum atomic E-state index is 9.19. The Morgan fingerprint density at radius 2 is 2.00 bits per heavy atom. The van der Waals surface area contributed by atoms with Crippen LogP contribution in [-0.4, -0.2) is 7.05 Å². The van der Waals surface area contributed by atoms with Crippen molar-refractivity contribution in [3.8, 4) is 6.07 Å². The van der Waals surface area contributed by atoms with Crippen molar-refractivity contribution in [2.45, 2.75) is 6.54 Å². The first-order valence-corrected chi connectivity index (χ1v) is 6.93. The molecular weight excluding hydrogens is 324 g/mol. The number of rotatable bonds is 3. The third-order valence-corrected chi connectivity index (χ3v) is 3.63. The molecule has 0 aromatic heterocycles. The van der Waals surface area contributed by atoms with Gasteiger partial charge < -0.3 is 4.90 Å². The molecule has 0 radical (unpaired) electrons. The molecule has 0 aliphatic carbocycles.